The maximum atomic E-state index is 12.7. The minimum atomic E-state index is -4.49. The zero-order chi connectivity index (χ0) is 20.5. The van der Waals surface area contributed by atoms with Crippen LogP contribution in [-0.4, -0.2) is 11.3 Å². The Morgan fingerprint density at radius 2 is 1.00 bits per heavy atom. The van der Waals surface area contributed by atoms with Crippen LogP contribution in [0.1, 0.15) is 21.5 Å². The first-order valence-electron chi connectivity index (χ1n) is 7.89. The van der Waals surface area contributed by atoms with Gasteiger partial charge in [0.2, 0.25) is 0 Å². The van der Waals surface area contributed by atoms with Gasteiger partial charge in [-0.3, -0.25) is 9.78 Å². The molecule has 0 saturated carbocycles. The number of rotatable bonds is 3. The van der Waals surface area contributed by atoms with Crippen LogP contribution in [0.5, 0.6) is 0 Å². The molecule has 0 aliphatic carbocycles. The molecular formula is C20H11F6NO. The van der Waals surface area contributed by atoms with Crippen LogP contribution in [0.25, 0.3) is 22.3 Å². The smallest absolute Gasteiger partial charge is 0.298 e. The fourth-order valence-corrected chi connectivity index (χ4v) is 2.74. The van der Waals surface area contributed by atoms with Crippen LogP contribution in [0, 0.1) is 0 Å². The summed E-state index contributed by atoms with van der Waals surface area (Å²) in [5.41, 5.74) is -0.337. The molecule has 0 N–H and O–H groups in total. The van der Waals surface area contributed by atoms with Crippen molar-refractivity contribution in [2.75, 3.05) is 0 Å². The van der Waals surface area contributed by atoms with Crippen LogP contribution in [-0.2, 0) is 12.4 Å². The molecule has 0 atom stereocenters. The molecule has 1 aromatic heterocycles. The Bertz CT molecular complexity index is 913. The summed E-state index contributed by atoms with van der Waals surface area (Å²) in [7, 11) is 0. The van der Waals surface area contributed by atoms with Crippen LogP contribution in [0.15, 0.2) is 60.9 Å². The van der Waals surface area contributed by atoms with E-state index in [0.29, 0.717) is 17.4 Å². The molecule has 0 aliphatic heterocycles. The Balaban J connectivity index is 2.05. The van der Waals surface area contributed by atoms with E-state index in [4.69, 9.17) is 0 Å². The maximum Gasteiger partial charge on any atom is 0.416 e. The van der Waals surface area contributed by atoms with Crippen LogP contribution >= 0.6 is 0 Å². The number of aldehydes is 1. The molecule has 1 heterocycles. The monoisotopic (exact) mass is 395 g/mol. The van der Waals surface area contributed by atoms with Gasteiger partial charge in [-0.2, -0.15) is 26.3 Å². The second kappa shape index (κ2) is 7.10. The molecular weight excluding hydrogens is 384 g/mol. The molecule has 0 bridgehead atoms. The van der Waals surface area contributed by atoms with Gasteiger partial charge in [-0.05, 0) is 35.4 Å². The molecule has 28 heavy (non-hydrogen) atoms. The van der Waals surface area contributed by atoms with Gasteiger partial charge in [-0.1, -0.05) is 24.3 Å². The molecule has 0 unspecified atom stereocenters. The van der Waals surface area contributed by atoms with Gasteiger partial charge in [0.15, 0.2) is 6.29 Å². The SMILES string of the molecule is O=Cc1c(-c2ccc(C(F)(F)F)cc2)cncc1-c1ccc(C(F)(F)F)cc1. The molecule has 0 saturated heterocycles. The van der Waals surface area contributed by atoms with E-state index in [-0.39, 0.29) is 16.7 Å². The molecule has 0 amide bonds. The minimum absolute atomic E-state index is 0.120. The van der Waals surface area contributed by atoms with Crippen molar-refractivity contribution in [2.24, 2.45) is 0 Å². The predicted molar refractivity (Wildman–Crippen MR) is 90.5 cm³/mol. The first-order chi connectivity index (χ1) is 13.1. The fraction of sp³-hybridized carbons (Fsp3) is 0.100. The standard InChI is InChI=1S/C20H11F6NO/c21-19(22,23)14-5-1-12(2-6-14)16-9-27-10-17(18(16)11-28)13-3-7-15(8-4-13)20(24,25)26/h1-11H. The number of nitrogens with zero attached hydrogens (tertiary/aromatic N) is 1. The summed E-state index contributed by atoms with van der Waals surface area (Å²) in [6.45, 7) is 0. The number of halogens is 6. The lowest BCUT2D eigenvalue weighted by Gasteiger charge is -2.13. The number of carbonyl (C=O) groups excluding carboxylic acids is 1. The van der Waals surface area contributed by atoms with Crippen molar-refractivity contribution in [1.29, 1.82) is 0 Å². The molecule has 0 radical (unpaired) electrons. The third-order valence-corrected chi connectivity index (χ3v) is 4.15. The van der Waals surface area contributed by atoms with Crippen molar-refractivity contribution in [3.05, 3.63) is 77.6 Å². The first kappa shape index (κ1) is 19.6. The molecule has 3 rings (SSSR count). The van der Waals surface area contributed by atoms with Crippen molar-refractivity contribution in [2.45, 2.75) is 12.4 Å². The van der Waals surface area contributed by atoms with E-state index in [1.54, 1.807) is 0 Å². The summed E-state index contributed by atoms with van der Waals surface area (Å²) in [5.74, 6) is 0. The van der Waals surface area contributed by atoms with E-state index >= 15 is 0 Å². The Morgan fingerprint density at radius 3 is 1.29 bits per heavy atom. The van der Waals surface area contributed by atoms with Gasteiger partial charge < -0.3 is 0 Å². The summed E-state index contributed by atoms with van der Waals surface area (Å²) in [6, 6.07) is 8.38. The van der Waals surface area contributed by atoms with Crippen molar-refractivity contribution in [3.63, 3.8) is 0 Å². The number of hydrogen-bond donors (Lipinski definition) is 0. The molecule has 3 aromatic rings. The van der Waals surface area contributed by atoms with Crippen LogP contribution in [0.4, 0.5) is 26.3 Å². The molecule has 0 fully saturated rings. The number of hydrogen-bond acceptors (Lipinski definition) is 2. The topological polar surface area (TPSA) is 30.0 Å². The lowest BCUT2D eigenvalue weighted by atomic mass is 9.94. The van der Waals surface area contributed by atoms with Crippen molar-refractivity contribution in [3.8, 4) is 22.3 Å². The van der Waals surface area contributed by atoms with Gasteiger partial charge >= 0.3 is 12.4 Å². The average molecular weight is 395 g/mol. The van der Waals surface area contributed by atoms with Gasteiger partial charge in [-0.15, -0.1) is 0 Å². The zero-order valence-corrected chi connectivity index (χ0v) is 14.0. The molecule has 2 aromatic carbocycles. The molecule has 8 heteroatoms. The van der Waals surface area contributed by atoms with Gasteiger partial charge in [0.05, 0.1) is 11.1 Å². The highest BCUT2D eigenvalue weighted by Gasteiger charge is 2.31. The second-order valence-corrected chi connectivity index (χ2v) is 5.92. The summed E-state index contributed by atoms with van der Waals surface area (Å²) in [4.78, 5) is 15.6. The Labute approximate surface area is 155 Å². The van der Waals surface area contributed by atoms with Crippen molar-refractivity contribution in [1.82, 2.24) is 4.98 Å². The summed E-state index contributed by atoms with van der Waals surface area (Å²) in [5, 5.41) is 0. The number of alkyl halides is 6. The highest BCUT2D eigenvalue weighted by atomic mass is 19.4. The van der Waals surface area contributed by atoms with Crippen LogP contribution in [0.3, 0.4) is 0 Å². The van der Waals surface area contributed by atoms with E-state index < -0.39 is 23.5 Å². The predicted octanol–water partition coefficient (Wildman–Crippen LogP) is 6.27. The number of pyridine rings is 1. The summed E-state index contributed by atoms with van der Waals surface area (Å²) < 4.78 is 76.3. The Morgan fingerprint density at radius 1 is 0.643 bits per heavy atom. The number of benzene rings is 2. The highest BCUT2D eigenvalue weighted by molar-refractivity contribution is 5.95. The van der Waals surface area contributed by atoms with Gasteiger partial charge in [0.1, 0.15) is 0 Å². The Hall–Kier alpha value is -3.16. The van der Waals surface area contributed by atoms with Crippen LogP contribution < -0.4 is 0 Å². The summed E-state index contributed by atoms with van der Waals surface area (Å²) in [6.07, 6.45) is -5.85. The van der Waals surface area contributed by atoms with E-state index in [0.717, 1.165) is 24.3 Å². The minimum Gasteiger partial charge on any atom is -0.298 e. The molecule has 0 aliphatic rings. The van der Waals surface area contributed by atoms with Gasteiger partial charge in [0.25, 0.3) is 0 Å². The fourth-order valence-electron chi connectivity index (χ4n) is 2.74. The second-order valence-electron chi connectivity index (χ2n) is 5.92. The normalized spacial score (nSPS) is 12.1. The average Bonchev–Trinajstić information content (AvgIpc) is 2.66. The van der Waals surface area contributed by atoms with E-state index in [1.165, 1.54) is 36.7 Å². The quantitative estimate of drug-likeness (QED) is 0.387. The van der Waals surface area contributed by atoms with E-state index in [9.17, 15) is 31.1 Å². The maximum absolute atomic E-state index is 12.7. The first-order valence-corrected chi connectivity index (χ1v) is 7.89. The Kier molecular flexibility index (Phi) is 4.97. The molecule has 0 spiro atoms. The van der Waals surface area contributed by atoms with Gasteiger partial charge in [0, 0.05) is 29.1 Å². The zero-order valence-electron chi connectivity index (χ0n) is 14.0. The summed E-state index contributed by atoms with van der Waals surface area (Å²) >= 11 is 0. The molecule has 144 valence electrons. The number of carbonyl (C=O) groups is 1. The van der Waals surface area contributed by atoms with E-state index in [1.807, 2.05) is 0 Å². The van der Waals surface area contributed by atoms with Crippen LogP contribution in [0.2, 0.25) is 0 Å². The van der Waals surface area contributed by atoms with Crippen molar-refractivity contribution >= 4 is 6.29 Å². The van der Waals surface area contributed by atoms with Crippen molar-refractivity contribution < 1.29 is 31.1 Å². The van der Waals surface area contributed by atoms with Gasteiger partial charge in [-0.25, -0.2) is 0 Å². The van der Waals surface area contributed by atoms with E-state index in [2.05, 4.69) is 4.98 Å². The third kappa shape index (κ3) is 3.90. The largest absolute Gasteiger partial charge is 0.416 e. The highest BCUT2D eigenvalue weighted by Crippen LogP contribution is 2.35. The lowest BCUT2D eigenvalue weighted by Crippen LogP contribution is -2.04. The number of aromatic nitrogens is 1. The molecule has 2 nitrogen and oxygen atoms in total. The lowest BCUT2D eigenvalue weighted by molar-refractivity contribution is -0.138. The third-order valence-electron chi connectivity index (χ3n) is 4.15.